The van der Waals surface area contributed by atoms with Gasteiger partial charge in [0, 0.05) is 31.4 Å². The number of nitrogens with one attached hydrogen (secondary N) is 1. The topological polar surface area (TPSA) is 53.4 Å². The van der Waals surface area contributed by atoms with Crippen molar-refractivity contribution in [1.82, 2.24) is 24.9 Å². The maximum absolute atomic E-state index is 12.2. The van der Waals surface area contributed by atoms with Crippen molar-refractivity contribution in [1.29, 1.82) is 0 Å². The van der Waals surface area contributed by atoms with Crippen molar-refractivity contribution in [3.63, 3.8) is 0 Å². The number of likely N-dealkylation sites (N-methyl/N-ethyl adjacent to an activating group) is 1. The fraction of sp³-hybridized carbons (Fsp3) is 0.765. The van der Waals surface area contributed by atoms with Crippen molar-refractivity contribution in [2.24, 2.45) is 13.0 Å². The lowest BCUT2D eigenvalue weighted by Crippen LogP contribution is -2.45. The van der Waals surface area contributed by atoms with Gasteiger partial charge in [-0.25, -0.2) is 0 Å². The molecular formula is C17H28F3N5O. The quantitative estimate of drug-likeness (QED) is 0.790. The van der Waals surface area contributed by atoms with Crippen LogP contribution in [0.3, 0.4) is 0 Å². The number of rotatable bonds is 7. The summed E-state index contributed by atoms with van der Waals surface area (Å²) < 4.78 is 38.4. The van der Waals surface area contributed by atoms with E-state index in [1.54, 1.807) is 16.6 Å². The summed E-state index contributed by atoms with van der Waals surface area (Å²) in [5.74, 6) is -0.306. The number of hydrogen-bond acceptors (Lipinski definition) is 4. The number of halogens is 3. The molecule has 6 nitrogen and oxygen atoms in total. The first-order chi connectivity index (χ1) is 12.2. The van der Waals surface area contributed by atoms with Gasteiger partial charge in [-0.15, -0.1) is 0 Å². The van der Waals surface area contributed by atoms with Gasteiger partial charge in [0.1, 0.15) is 6.54 Å². The summed E-state index contributed by atoms with van der Waals surface area (Å²) in [5.41, 5.74) is 1.15. The van der Waals surface area contributed by atoms with E-state index < -0.39 is 18.6 Å². The summed E-state index contributed by atoms with van der Waals surface area (Å²) >= 11 is 0. The summed E-state index contributed by atoms with van der Waals surface area (Å²) in [5, 5.41) is 6.20. The lowest BCUT2D eigenvalue weighted by Gasteiger charge is -2.42. The normalized spacial score (nSPS) is 22.0. The maximum atomic E-state index is 12.2. The standard InChI is InChI=1S/C17H28F3N5O/c1-4-25-7-5-6-13(16(25)14-8-22-24(3)10-14)9-23(2)11-15(26)21-12-17(18,19)20/h8,10,13,16H,4-7,9,11-12H2,1-3H3,(H,21,26)/t13-,16+/m0/s1. The number of hydrogen-bond donors (Lipinski definition) is 1. The number of carbonyl (C=O) groups excluding carboxylic acids is 1. The number of piperidine rings is 1. The van der Waals surface area contributed by atoms with Gasteiger partial charge in [0.15, 0.2) is 0 Å². The number of nitrogens with zero attached hydrogens (tertiary/aromatic N) is 4. The number of carbonyl (C=O) groups is 1. The summed E-state index contributed by atoms with van der Waals surface area (Å²) in [6.45, 7) is 3.38. The highest BCUT2D eigenvalue weighted by atomic mass is 19.4. The Morgan fingerprint density at radius 2 is 2.19 bits per heavy atom. The van der Waals surface area contributed by atoms with Crippen molar-refractivity contribution in [3.8, 4) is 0 Å². The van der Waals surface area contributed by atoms with E-state index in [1.807, 2.05) is 24.8 Å². The summed E-state index contributed by atoms with van der Waals surface area (Å²) in [4.78, 5) is 16.0. The van der Waals surface area contributed by atoms with Gasteiger partial charge >= 0.3 is 6.18 Å². The van der Waals surface area contributed by atoms with Crippen molar-refractivity contribution >= 4 is 5.91 Å². The van der Waals surface area contributed by atoms with Crippen LogP contribution in [0.15, 0.2) is 12.4 Å². The van der Waals surface area contributed by atoms with Crippen LogP contribution in [0.25, 0.3) is 0 Å². The van der Waals surface area contributed by atoms with E-state index in [1.165, 1.54) is 0 Å². The Balaban J connectivity index is 1.97. The summed E-state index contributed by atoms with van der Waals surface area (Å²) in [7, 11) is 3.66. The first-order valence-electron chi connectivity index (χ1n) is 8.94. The molecule has 2 atom stereocenters. The Kier molecular flexibility index (Phi) is 7.05. The van der Waals surface area contributed by atoms with Gasteiger partial charge in [0.25, 0.3) is 0 Å². The van der Waals surface area contributed by atoms with E-state index in [0.29, 0.717) is 12.5 Å². The molecule has 1 saturated heterocycles. The van der Waals surface area contributed by atoms with E-state index in [2.05, 4.69) is 16.9 Å². The highest BCUT2D eigenvalue weighted by Gasteiger charge is 2.33. The van der Waals surface area contributed by atoms with Gasteiger partial charge in [-0.3, -0.25) is 19.3 Å². The highest BCUT2D eigenvalue weighted by Crippen LogP contribution is 2.36. The minimum Gasteiger partial charge on any atom is -0.346 e. The van der Waals surface area contributed by atoms with Gasteiger partial charge in [-0.05, 0) is 38.9 Å². The van der Waals surface area contributed by atoms with Crippen molar-refractivity contribution in [3.05, 3.63) is 18.0 Å². The summed E-state index contributed by atoms with van der Waals surface area (Å²) in [6.07, 6.45) is 1.60. The predicted molar refractivity (Wildman–Crippen MR) is 92.5 cm³/mol. The molecular weight excluding hydrogens is 347 g/mol. The van der Waals surface area contributed by atoms with Crippen LogP contribution in [0.4, 0.5) is 13.2 Å². The SMILES string of the molecule is CCN1CCC[C@@H](CN(C)CC(=O)NCC(F)(F)F)[C@@H]1c1cnn(C)c1. The van der Waals surface area contributed by atoms with Gasteiger partial charge in [0.05, 0.1) is 12.7 Å². The number of likely N-dealkylation sites (tertiary alicyclic amines) is 1. The number of aryl methyl sites for hydroxylation is 1. The third-order valence-electron chi connectivity index (χ3n) is 4.78. The molecule has 1 fully saturated rings. The molecule has 2 rings (SSSR count). The predicted octanol–water partition coefficient (Wildman–Crippen LogP) is 1.80. The highest BCUT2D eigenvalue weighted by molar-refractivity contribution is 5.78. The average molecular weight is 375 g/mol. The Morgan fingerprint density at radius 1 is 1.46 bits per heavy atom. The Labute approximate surface area is 152 Å². The third-order valence-corrected chi connectivity index (χ3v) is 4.78. The molecule has 0 unspecified atom stereocenters. The molecule has 2 heterocycles. The number of amides is 1. The molecule has 0 bridgehead atoms. The molecule has 0 saturated carbocycles. The summed E-state index contributed by atoms with van der Waals surface area (Å²) in [6, 6.07) is 0.211. The van der Waals surface area contributed by atoms with Crippen LogP contribution in [0.2, 0.25) is 0 Å². The van der Waals surface area contributed by atoms with E-state index in [-0.39, 0.29) is 12.6 Å². The second-order valence-electron chi connectivity index (χ2n) is 7.01. The van der Waals surface area contributed by atoms with E-state index in [0.717, 1.165) is 31.5 Å². The zero-order chi connectivity index (χ0) is 19.3. The molecule has 26 heavy (non-hydrogen) atoms. The molecule has 0 spiro atoms. The molecule has 1 amide bonds. The zero-order valence-electron chi connectivity index (χ0n) is 15.6. The second-order valence-corrected chi connectivity index (χ2v) is 7.01. The lowest BCUT2D eigenvalue weighted by atomic mass is 9.85. The first kappa shape index (κ1) is 20.7. The van der Waals surface area contributed by atoms with Crippen LogP contribution in [-0.4, -0.2) is 71.4 Å². The van der Waals surface area contributed by atoms with Crippen LogP contribution in [0.5, 0.6) is 0 Å². The van der Waals surface area contributed by atoms with Gasteiger partial charge in [0.2, 0.25) is 5.91 Å². The first-order valence-corrected chi connectivity index (χ1v) is 8.94. The minimum absolute atomic E-state index is 0.0432. The second kappa shape index (κ2) is 8.85. The van der Waals surface area contributed by atoms with E-state index in [4.69, 9.17) is 0 Å². The Hall–Kier alpha value is -1.61. The molecule has 1 aliphatic heterocycles. The molecule has 148 valence electrons. The van der Waals surface area contributed by atoms with Gasteiger partial charge in [-0.2, -0.15) is 18.3 Å². The van der Waals surface area contributed by atoms with E-state index in [9.17, 15) is 18.0 Å². The zero-order valence-corrected chi connectivity index (χ0v) is 15.6. The van der Waals surface area contributed by atoms with Gasteiger partial charge in [-0.1, -0.05) is 6.92 Å². The van der Waals surface area contributed by atoms with Crippen LogP contribution in [-0.2, 0) is 11.8 Å². The van der Waals surface area contributed by atoms with Crippen molar-refractivity contribution in [2.75, 3.05) is 39.8 Å². The molecule has 0 aliphatic carbocycles. The van der Waals surface area contributed by atoms with Gasteiger partial charge < -0.3 is 5.32 Å². The number of alkyl halides is 3. The molecule has 1 N–H and O–H groups in total. The van der Waals surface area contributed by atoms with E-state index >= 15 is 0 Å². The van der Waals surface area contributed by atoms with Crippen molar-refractivity contribution < 1.29 is 18.0 Å². The molecule has 9 heteroatoms. The van der Waals surface area contributed by atoms with Crippen LogP contribution in [0, 0.1) is 5.92 Å². The molecule has 1 aromatic rings. The van der Waals surface area contributed by atoms with Crippen LogP contribution >= 0.6 is 0 Å². The van der Waals surface area contributed by atoms with Crippen LogP contribution < -0.4 is 5.32 Å². The largest absolute Gasteiger partial charge is 0.405 e. The fourth-order valence-electron chi connectivity index (χ4n) is 3.74. The molecule has 0 aromatic carbocycles. The smallest absolute Gasteiger partial charge is 0.346 e. The van der Waals surface area contributed by atoms with Crippen LogP contribution in [0.1, 0.15) is 31.4 Å². The maximum Gasteiger partial charge on any atom is 0.405 e. The Morgan fingerprint density at radius 3 is 2.77 bits per heavy atom. The minimum atomic E-state index is -4.38. The fourth-order valence-corrected chi connectivity index (χ4v) is 3.74. The third kappa shape index (κ3) is 5.98. The Bertz CT molecular complexity index is 589. The average Bonchev–Trinajstić information content (AvgIpc) is 2.98. The molecule has 0 radical (unpaired) electrons. The van der Waals surface area contributed by atoms with Crippen molar-refractivity contribution in [2.45, 2.75) is 32.0 Å². The molecule has 1 aliphatic rings. The molecule has 1 aromatic heterocycles. The lowest BCUT2D eigenvalue weighted by molar-refractivity contribution is -0.139. The number of aromatic nitrogens is 2. The monoisotopic (exact) mass is 375 g/mol.